The summed E-state index contributed by atoms with van der Waals surface area (Å²) in [4.78, 5) is 39.1. The molecule has 1 N–H and O–H groups in total. The molecule has 1 fully saturated rings. The van der Waals surface area contributed by atoms with E-state index in [0.717, 1.165) is 25.8 Å². The average molecular weight is 367 g/mol. The highest BCUT2D eigenvalue weighted by atomic mass is 35.5. The van der Waals surface area contributed by atoms with Gasteiger partial charge in [-0.1, -0.05) is 18.6 Å². The third-order valence-electron chi connectivity index (χ3n) is 4.85. The topological polar surface area (TPSA) is 77.9 Å². The van der Waals surface area contributed by atoms with Gasteiger partial charge in [0.2, 0.25) is 0 Å². The number of carbonyl (C=O) groups is 3. The van der Waals surface area contributed by atoms with Gasteiger partial charge in [0.15, 0.2) is 0 Å². The number of piperidine rings is 1. The predicted octanol–water partition coefficient (Wildman–Crippen LogP) is 2.42. The van der Waals surface area contributed by atoms with E-state index in [4.69, 9.17) is 0 Å². The summed E-state index contributed by atoms with van der Waals surface area (Å²) in [7, 11) is 0. The van der Waals surface area contributed by atoms with E-state index < -0.39 is 12.0 Å². The number of carboxylic acids is 1. The summed E-state index contributed by atoms with van der Waals surface area (Å²) in [5, 5.41) is 9.27. The van der Waals surface area contributed by atoms with Crippen LogP contribution < -0.4 is 0 Å². The van der Waals surface area contributed by atoms with Crippen molar-refractivity contribution in [2.45, 2.75) is 38.1 Å². The number of halogens is 1. The summed E-state index contributed by atoms with van der Waals surface area (Å²) >= 11 is 0. The van der Waals surface area contributed by atoms with E-state index in [1.54, 1.807) is 24.3 Å². The quantitative estimate of drug-likeness (QED) is 0.618. The number of amides is 2. The van der Waals surface area contributed by atoms with Crippen molar-refractivity contribution in [1.29, 1.82) is 0 Å². The zero-order valence-corrected chi connectivity index (χ0v) is 14.8. The minimum absolute atomic E-state index is 0. The molecule has 7 heteroatoms. The fourth-order valence-corrected chi connectivity index (χ4v) is 3.57. The predicted molar refractivity (Wildman–Crippen MR) is 95.1 cm³/mol. The third-order valence-corrected chi connectivity index (χ3v) is 4.85. The highest BCUT2D eigenvalue weighted by Crippen LogP contribution is 2.23. The van der Waals surface area contributed by atoms with Crippen LogP contribution in [0.3, 0.4) is 0 Å². The van der Waals surface area contributed by atoms with Gasteiger partial charge >= 0.3 is 5.97 Å². The Labute approximate surface area is 153 Å². The molecule has 1 atom stereocenters. The fraction of sp³-hybridized carbons (Fsp3) is 0.500. The minimum atomic E-state index is -0.755. The smallest absolute Gasteiger partial charge is 0.320 e. The number of aliphatic carboxylic acids is 1. The molecule has 3 rings (SSSR count). The molecule has 1 saturated heterocycles. The fourth-order valence-electron chi connectivity index (χ4n) is 3.57. The maximum Gasteiger partial charge on any atom is 0.320 e. The molecule has 2 aliphatic heterocycles. The molecule has 0 aromatic heterocycles. The number of benzene rings is 1. The van der Waals surface area contributed by atoms with Crippen molar-refractivity contribution in [2.75, 3.05) is 19.6 Å². The van der Waals surface area contributed by atoms with Crippen molar-refractivity contribution in [3.05, 3.63) is 35.4 Å². The molecule has 1 unspecified atom stereocenters. The molecule has 0 saturated carbocycles. The van der Waals surface area contributed by atoms with Gasteiger partial charge in [0.05, 0.1) is 11.1 Å². The van der Waals surface area contributed by atoms with Gasteiger partial charge in [-0.15, -0.1) is 12.4 Å². The van der Waals surface area contributed by atoms with Crippen molar-refractivity contribution in [2.24, 2.45) is 0 Å². The summed E-state index contributed by atoms with van der Waals surface area (Å²) in [6.07, 6.45) is 4.16. The number of unbranched alkanes of at least 4 members (excludes halogenated alkanes) is 1. The number of rotatable bonds is 6. The number of carbonyl (C=O) groups excluding carboxylic acids is 2. The number of hydrogen-bond acceptors (Lipinski definition) is 4. The lowest BCUT2D eigenvalue weighted by molar-refractivity contribution is -0.144. The second-order valence-corrected chi connectivity index (χ2v) is 6.40. The SMILES string of the molecule is Cl.O=C(O)C1CCCCN1CCCCN1C(=O)c2ccccc2C1=O. The van der Waals surface area contributed by atoms with Gasteiger partial charge in [0, 0.05) is 6.54 Å². The minimum Gasteiger partial charge on any atom is -0.480 e. The second-order valence-electron chi connectivity index (χ2n) is 6.40. The Morgan fingerprint density at radius 3 is 2.24 bits per heavy atom. The Balaban J connectivity index is 0.00000225. The highest BCUT2D eigenvalue weighted by molar-refractivity contribution is 6.21. The normalized spacial score (nSPS) is 20.3. The first-order valence-corrected chi connectivity index (χ1v) is 8.51. The molecular formula is C18H23ClN2O4. The Bertz CT molecular complexity index is 629. The molecule has 1 aromatic rings. The molecule has 2 aliphatic rings. The molecule has 6 nitrogen and oxygen atoms in total. The first kappa shape index (κ1) is 19.4. The zero-order chi connectivity index (χ0) is 17.1. The Morgan fingerprint density at radius 1 is 1.04 bits per heavy atom. The maximum absolute atomic E-state index is 12.3. The van der Waals surface area contributed by atoms with Gasteiger partial charge in [-0.25, -0.2) is 0 Å². The van der Waals surface area contributed by atoms with E-state index >= 15 is 0 Å². The molecule has 2 heterocycles. The third kappa shape index (κ3) is 4.02. The molecule has 0 radical (unpaired) electrons. The lowest BCUT2D eigenvalue weighted by Gasteiger charge is -2.32. The van der Waals surface area contributed by atoms with Gasteiger partial charge in [0.1, 0.15) is 6.04 Å². The first-order chi connectivity index (χ1) is 11.6. The monoisotopic (exact) mass is 366 g/mol. The molecule has 0 spiro atoms. The van der Waals surface area contributed by atoms with Gasteiger partial charge in [-0.2, -0.15) is 0 Å². The molecule has 136 valence electrons. The summed E-state index contributed by atoms with van der Waals surface area (Å²) in [6.45, 7) is 1.89. The molecule has 0 aliphatic carbocycles. The number of nitrogens with zero attached hydrogens (tertiary/aromatic N) is 2. The van der Waals surface area contributed by atoms with Gasteiger partial charge in [0.25, 0.3) is 11.8 Å². The van der Waals surface area contributed by atoms with Crippen molar-refractivity contribution in [3.63, 3.8) is 0 Å². The molecular weight excluding hydrogens is 344 g/mol. The lowest BCUT2D eigenvalue weighted by Crippen LogP contribution is -2.45. The van der Waals surface area contributed by atoms with Gasteiger partial charge in [-0.05, 0) is 50.9 Å². The highest BCUT2D eigenvalue weighted by Gasteiger charge is 2.34. The maximum atomic E-state index is 12.3. The largest absolute Gasteiger partial charge is 0.480 e. The molecule has 2 amide bonds. The summed E-state index contributed by atoms with van der Waals surface area (Å²) < 4.78 is 0. The van der Waals surface area contributed by atoms with Gasteiger partial charge < -0.3 is 5.11 Å². The number of hydrogen-bond donors (Lipinski definition) is 1. The van der Waals surface area contributed by atoms with E-state index in [-0.39, 0.29) is 24.2 Å². The zero-order valence-electron chi connectivity index (χ0n) is 14.0. The van der Waals surface area contributed by atoms with E-state index in [1.807, 2.05) is 4.90 Å². The van der Waals surface area contributed by atoms with E-state index in [2.05, 4.69) is 0 Å². The van der Waals surface area contributed by atoms with Gasteiger partial charge in [-0.3, -0.25) is 24.2 Å². The Morgan fingerprint density at radius 2 is 1.64 bits per heavy atom. The van der Waals surface area contributed by atoms with Crippen molar-refractivity contribution < 1.29 is 19.5 Å². The molecule has 0 bridgehead atoms. The van der Waals surface area contributed by atoms with E-state index in [1.165, 1.54) is 4.90 Å². The van der Waals surface area contributed by atoms with Crippen LogP contribution in [0.4, 0.5) is 0 Å². The van der Waals surface area contributed by atoms with Crippen molar-refractivity contribution in [3.8, 4) is 0 Å². The summed E-state index contributed by atoms with van der Waals surface area (Å²) in [5.74, 6) is -1.20. The number of carboxylic acid groups (broad SMARTS) is 1. The number of fused-ring (bicyclic) bond motifs is 1. The Hall–Kier alpha value is -1.92. The Kier molecular flexibility index (Phi) is 6.56. The van der Waals surface area contributed by atoms with E-state index in [0.29, 0.717) is 37.1 Å². The van der Waals surface area contributed by atoms with Crippen LogP contribution in [-0.2, 0) is 4.79 Å². The van der Waals surface area contributed by atoms with Crippen molar-refractivity contribution in [1.82, 2.24) is 9.80 Å². The van der Waals surface area contributed by atoms with Crippen LogP contribution in [-0.4, -0.2) is 58.4 Å². The summed E-state index contributed by atoms with van der Waals surface area (Å²) in [6, 6.07) is 6.49. The van der Waals surface area contributed by atoms with Crippen LogP contribution in [0.5, 0.6) is 0 Å². The van der Waals surface area contributed by atoms with Crippen molar-refractivity contribution >= 4 is 30.2 Å². The first-order valence-electron chi connectivity index (χ1n) is 8.51. The summed E-state index contributed by atoms with van der Waals surface area (Å²) in [5.41, 5.74) is 0.953. The van der Waals surface area contributed by atoms with Crippen LogP contribution in [0.1, 0.15) is 52.8 Å². The van der Waals surface area contributed by atoms with Crippen LogP contribution >= 0.6 is 12.4 Å². The number of imide groups is 1. The van der Waals surface area contributed by atoms with Crippen LogP contribution in [0.15, 0.2) is 24.3 Å². The molecule has 25 heavy (non-hydrogen) atoms. The van der Waals surface area contributed by atoms with Crippen LogP contribution in [0.2, 0.25) is 0 Å². The standard InChI is InChI=1S/C18H22N2O4.ClH/c21-16-13-7-1-2-8-14(13)17(22)20(16)12-6-5-11-19-10-4-3-9-15(19)18(23)24;/h1-2,7-8,15H,3-6,9-12H2,(H,23,24);1H. The number of likely N-dealkylation sites (tertiary alicyclic amines) is 1. The molecule has 1 aromatic carbocycles. The lowest BCUT2D eigenvalue weighted by atomic mass is 10.0. The van der Waals surface area contributed by atoms with Crippen LogP contribution in [0.25, 0.3) is 0 Å². The van der Waals surface area contributed by atoms with Crippen LogP contribution in [0, 0.1) is 0 Å². The average Bonchev–Trinajstić information content (AvgIpc) is 2.84. The van der Waals surface area contributed by atoms with E-state index in [9.17, 15) is 19.5 Å². The second kappa shape index (κ2) is 8.45.